The molecule has 1 unspecified atom stereocenters. The van der Waals surface area contributed by atoms with Crippen molar-refractivity contribution >= 4 is 17.7 Å². The molecule has 1 aromatic rings. The first kappa shape index (κ1) is 24.3. The average molecular weight is 432 g/mol. The fourth-order valence-electron chi connectivity index (χ4n) is 3.21. The molecule has 5 nitrogen and oxygen atoms in total. The summed E-state index contributed by atoms with van der Waals surface area (Å²) in [6.45, 7) is 10.7. The van der Waals surface area contributed by atoms with Gasteiger partial charge in [-0.1, -0.05) is 31.7 Å². The number of hydrogen-bond donors (Lipinski definition) is 1. The normalized spacial score (nSPS) is 17.4. The Morgan fingerprint density at radius 3 is 2.87 bits per heavy atom. The van der Waals surface area contributed by atoms with Gasteiger partial charge in [-0.15, -0.1) is 0 Å². The molecule has 0 radical (unpaired) electrons. The monoisotopic (exact) mass is 431 g/mol. The van der Waals surface area contributed by atoms with Crippen molar-refractivity contribution in [2.45, 2.75) is 40.0 Å². The number of alkyl halides is 2. The molecule has 2 N–H and O–H groups in total. The number of anilines is 1. The summed E-state index contributed by atoms with van der Waals surface area (Å²) in [5, 5.41) is 0. The van der Waals surface area contributed by atoms with Gasteiger partial charge in [-0.05, 0) is 37.5 Å². The van der Waals surface area contributed by atoms with Gasteiger partial charge in [-0.2, -0.15) is 0 Å². The van der Waals surface area contributed by atoms with Crippen LogP contribution in [0.4, 0.5) is 14.5 Å². The average Bonchev–Trinajstić information content (AvgIpc) is 2.67. The van der Waals surface area contributed by atoms with Crippen LogP contribution in [0.25, 0.3) is 5.76 Å². The van der Waals surface area contributed by atoms with Crippen molar-refractivity contribution in [1.82, 2.24) is 4.98 Å². The van der Waals surface area contributed by atoms with Crippen molar-refractivity contribution in [3.63, 3.8) is 0 Å². The van der Waals surface area contributed by atoms with Crippen molar-refractivity contribution < 1.29 is 18.3 Å². The van der Waals surface area contributed by atoms with Crippen molar-refractivity contribution in [3.05, 3.63) is 65.2 Å². The fraction of sp³-hybridized carbons (Fsp3) is 0.417. The Balaban J connectivity index is 2.24. The lowest BCUT2D eigenvalue weighted by Crippen LogP contribution is -2.20. The summed E-state index contributed by atoms with van der Waals surface area (Å²) in [7, 11) is 0. The highest BCUT2D eigenvalue weighted by Crippen LogP contribution is 2.27. The molecule has 0 amide bonds. The Morgan fingerprint density at radius 1 is 1.45 bits per heavy atom. The van der Waals surface area contributed by atoms with Gasteiger partial charge in [-0.25, -0.2) is 8.78 Å². The molecule has 1 aliphatic carbocycles. The van der Waals surface area contributed by atoms with Gasteiger partial charge in [0.05, 0.1) is 13.2 Å². The highest BCUT2D eigenvalue weighted by molar-refractivity contribution is 5.92. The second-order valence-electron chi connectivity index (χ2n) is 7.65. The molecule has 7 heteroatoms. The molecule has 31 heavy (non-hydrogen) atoms. The second kappa shape index (κ2) is 10.9. The van der Waals surface area contributed by atoms with E-state index in [1.54, 1.807) is 18.5 Å². The summed E-state index contributed by atoms with van der Waals surface area (Å²) in [6, 6.07) is 1.69. The summed E-state index contributed by atoms with van der Waals surface area (Å²) in [5.74, 6) is -1.85. The molecule has 2 rings (SSSR count). The zero-order valence-electron chi connectivity index (χ0n) is 18.6. The number of hydrogen-bond acceptors (Lipinski definition) is 5. The van der Waals surface area contributed by atoms with E-state index in [2.05, 4.69) is 16.6 Å². The number of rotatable bonds is 9. The summed E-state index contributed by atoms with van der Waals surface area (Å²) in [4.78, 5) is 8.83. The lowest BCUT2D eigenvalue weighted by atomic mass is 9.97. The maximum absolute atomic E-state index is 13.3. The van der Waals surface area contributed by atoms with Crippen LogP contribution in [-0.2, 0) is 9.47 Å². The molecule has 1 heterocycles. The number of pyridine rings is 1. The Labute approximate surface area is 183 Å². The number of aliphatic imine (C=N–C) groups is 1. The molecule has 0 spiro atoms. The molecule has 0 fully saturated rings. The van der Waals surface area contributed by atoms with Gasteiger partial charge in [-0.3, -0.25) is 9.98 Å². The molecule has 0 bridgehead atoms. The zero-order chi connectivity index (χ0) is 23.0. The Morgan fingerprint density at radius 2 is 2.19 bits per heavy atom. The maximum Gasteiger partial charge on any atom is 0.278 e. The highest BCUT2D eigenvalue weighted by atomic mass is 19.3. The van der Waals surface area contributed by atoms with Gasteiger partial charge in [0, 0.05) is 36.5 Å². The second-order valence-corrected chi connectivity index (χ2v) is 7.65. The van der Waals surface area contributed by atoms with E-state index < -0.39 is 12.5 Å². The first-order valence-corrected chi connectivity index (χ1v) is 10.3. The van der Waals surface area contributed by atoms with E-state index in [0.717, 1.165) is 18.1 Å². The van der Waals surface area contributed by atoms with E-state index in [1.165, 1.54) is 0 Å². The largest absolute Gasteiger partial charge is 0.492 e. The molecule has 1 aliphatic rings. The maximum atomic E-state index is 13.3. The predicted octanol–water partition coefficient (Wildman–Crippen LogP) is 5.56. The molecular weight excluding hydrogens is 400 g/mol. The third-order valence-electron chi connectivity index (χ3n) is 4.64. The lowest BCUT2D eigenvalue weighted by Gasteiger charge is -2.22. The minimum atomic E-state index is -2.88. The molecular formula is C24H31F2N3O2. The van der Waals surface area contributed by atoms with Gasteiger partial charge >= 0.3 is 0 Å². The van der Waals surface area contributed by atoms with Crippen molar-refractivity contribution in [3.8, 4) is 0 Å². The van der Waals surface area contributed by atoms with Gasteiger partial charge in [0.25, 0.3) is 5.92 Å². The number of allylic oxidation sites excluding steroid dienone is 4. The van der Waals surface area contributed by atoms with E-state index >= 15 is 0 Å². The van der Waals surface area contributed by atoms with Crippen molar-refractivity contribution in [2.75, 3.05) is 25.5 Å². The summed E-state index contributed by atoms with van der Waals surface area (Å²) in [5.41, 5.74) is 9.57. The summed E-state index contributed by atoms with van der Waals surface area (Å²) in [6.07, 6.45) is 9.87. The fourth-order valence-corrected chi connectivity index (χ4v) is 3.21. The van der Waals surface area contributed by atoms with Crippen LogP contribution in [0, 0.1) is 5.92 Å². The van der Waals surface area contributed by atoms with Gasteiger partial charge < -0.3 is 15.2 Å². The van der Waals surface area contributed by atoms with Crippen LogP contribution >= 0.6 is 0 Å². The molecule has 0 saturated heterocycles. The Hall–Kier alpha value is -2.96. The first-order chi connectivity index (χ1) is 14.6. The Kier molecular flexibility index (Phi) is 8.54. The van der Waals surface area contributed by atoms with Gasteiger partial charge in [0.2, 0.25) is 0 Å². The predicted molar refractivity (Wildman–Crippen MR) is 122 cm³/mol. The number of halogens is 2. The van der Waals surface area contributed by atoms with Gasteiger partial charge in [0.15, 0.2) is 6.61 Å². The van der Waals surface area contributed by atoms with E-state index in [0.29, 0.717) is 48.0 Å². The third-order valence-corrected chi connectivity index (χ3v) is 4.64. The van der Waals surface area contributed by atoms with E-state index in [4.69, 9.17) is 15.2 Å². The van der Waals surface area contributed by atoms with Crippen LogP contribution in [0.1, 0.15) is 45.4 Å². The highest BCUT2D eigenvalue weighted by Gasteiger charge is 2.24. The third kappa shape index (κ3) is 7.35. The number of aromatic nitrogens is 1. The minimum Gasteiger partial charge on any atom is -0.492 e. The molecule has 0 aromatic carbocycles. The number of nitrogens with zero attached hydrogens (tertiary/aromatic N) is 2. The zero-order valence-corrected chi connectivity index (χ0v) is 18.6. The Bertz CT molecular complexity index is 912. The van der Waals surface area contributed by atoms with Crippen LogP contribution in [0.3, 0.4) is 0 Å². The van der Waals surface area contributed by atoms with Crippen LogP contribution in [0.5, 0.6) is 0 Å². The van der Waals surface area contributed by atoms with E-state index in [-0.39, 0.29) is 5.92 Å². The van der Waals surface area contributed by atoms with Crippen LogP contribution in [0.2, 0.25) is 0 Å². The topological polar surface area (TPSA) is 69.7 Å². The van der Waals surface area contributed by atoms with Crippen LogP contribution in [-0.4, -0.2) is 36.9 Å². The minimum absolute atomic E-state index is 0.0160. The number of ether oxygens (including phenoxy) is 2. The molecule has 1 aromatic heterocycles. The smallest absolute Gasteiger partial charge is 0.278 e. The molecule has 168 valence electrons. The van der Waals surface area contributed by atoms with Crippen LogP contribution in [0.15, 0.2) is 59.0 Å². The van der Waals surface area contributed by atoms with Crippen molar-refractivity contribution in [2.24, 2.45) is 10.9 Å². The molecule has 0 saturated carbocycles. The molecule has 1 atom stereocenters. The first-order valence-electron chi connectivity index (χ1n) is 10.3. The van der Waals surface area contributed by atoms with Crippen LogP contribution < -0.4 is 5.73 Å². The van der Waals surface area contributed by atoms with E-state index in [1.807, 2.05) is 39.0 Å². The molecule has 0 aliphatic heterocycles. The summed E-state index contributed by atoms with van der Waals surface area (Å²) < 4.78 is 37.5. The quantitative estimate of drug-likeness (QED) is 0.411. The van der Waals surface area contributed by atoms with E-state index in [9.17, 15) is 8.78 Å². The number of nitrogens with two attached hydrogens (primary N) is 1. The standard InChI is InChI=1S/C24H31F2N3O2/c1-6-30-18(4)22-20(21(27)10-11-29-22)14-28-13-19-9-7-8-16(2)23(17(3)12-19)31-15-24(5,25)26/h7,9-12,14,16H,4,6,8,13,15H2,1-3,5H3,(H2,27,29). The summed E-state index contributed by atoms with van der Waals surface area (Å²) >= 11 is 0. The number of nitrogen functional groups attached to an aromatic ring is 1. The lowest BCUT2D eigenvalue weighted by molar-refractivity contribution is -0.0484. The van der Waals surface area contributed by atoms with Crippen molar-refractivity contribution in [1.29, 1.82) is 0 Å². The SMILES string of the molecule is C=C(OCC)c1nccc(N)c1C=NCC1=CC(C)=C(OCC(C)(F)F)C(C)CC=C1. The van der Waals surface area contributed by atoms with Gasteiger partial charge in [0.1, 0.15) is 17.2 Å².